The Hall–Kier alpha value is -3.50. The number of carbonyl (C=O) groups is 2. The summed E-state index contributed by atoms with van der Waals surface area (Å²) in [6.45, 7) is 1.77. The number of aromatic amines is 2. The Labute approximate surface area is 123 Å². The van der Waals surface area contributed by atoms with E-state index in [0.717, 1.165) is 0 Å². The van der Waals surface area contributed by atoms with Crippen molar-refractivity contribution in [1.29, 1.82) is 0 Å². The Kier molecular flexibility index (Phi) is 4.96. The van der Waals surface area contributed by atoms with Gasteiger partial charge in [-0.15, -0.1) is 15.3 Å². The second kappa shape index (κ2) is 7.33. The Balaban J connectivity index is 0.000000246. The molecule has 2 aromatic heterocycles. The maximum Gasteiger partial charge on any atom is 0.270 e. The van der Waals surface area contributed by atoms with Gasteiger partial charge in [-0.05, 0) is 24.3 Å². The summed E-state index contributed by atoms with van der Waals surface area (Å²) >= 11 is 0. The molecule has 3 rings (SSSR count). The second-order valence-corrected chi connectivity index (χ2v) is 3.89. The number of rotatable bonds is 3. The normalized spacial score (nSPS) is 9.50. The molecule has 11 nitrogen and oxygen atoms in total. The standard InChI is InChI=1S/C9H7N5O2.C2H4N4/c15-5-6-1-3-7(4-2-6)8(16)10-9-11-13-14-12-9;1-2-3-5-6-4-2/h1-5H,(H2,10,11,12,13,14,16);1H3,(H,3,4,5,6). The zero-order valence-electron chi connectivity index (χ0n) is 11.4. The van der Waals surface area contributed by atoms with E-state index >= 15 is 0 Å². The van der Waals surface area contributed by atoms with Crippen molar-refractivity contribution in [3.05, 3.63) is 41.2 Å². The minimum atomic E-state index is -0.362. The van der Waals surface area contributed by atoms with Gasteiger partial charge in [-0.2, -0.15) is 10.4 Å². The summed E-state index contributed by atoms with van der Waals surface area (Å²) in [6, 6.07) is 6.19. The van der Waals surface area contributed by atoms with E-state index in [4.69, 9.17) is 0 Å². The van der Waals surface area contributed by atoms with Crippen LogP contribution in [0.25, 0.3) is 0 Å². The highest BCUT2D eigenvalue weighted by Crippen LogP contribution is 2.04. The Morgan fingerprint density at radius 1 is 1.09 bits per heavy atom. The first-order valence-electron chi connectivity index (χ1n) is 5.99. The van der Waals surface area contributed by atoms with Gasteiger partial charge < -0.3 is 0 Å². The number of aryl methyl sites for hydroxylation is 1. The van der Waals surface area contributed by atoms with Gasteiger partial charge in [-0.3, -0.25) is 14.9 Å². The monoisotopic (exact) mass is 301 g/mol. The van der Waals surface area contributed by atoms with E-state index in [-0.39, 0.29) is 11.9 Å². The zero-order valence-corrected chi connectivity index (χ0v) is 11.4. The summed E-state index contributed by atoms with van der Waals surface area (Å²) < 4.78 is 0. The lowest BCUT2D eigenvalue weighted by atomic mass is 10.1. The maximum absolute atomic E-state index is 11.6. The quantitative estimate of drug-likeness (QED) is 0.560. The van der Waals surface area contributed by atoms with E-state index in [0.29, 0.717) is 23.2 Å². The molecule has 0 spiro atoms. The van der Waals surface area contributed by atoms with Crippen molar-refractivity contribution >= 4 is 18.1 Å². The van der Waals surface area contributed by atoms with E-state index < -0.39 is 0 Å². The van der Waals surface area contributed by atoms with Gasteiger partial charge in [0.25, 0.3) is 11.9 Å². The van der Waals surface area contributed by atoms with Gasteiger partial charge >= 0.3 is 0 Å². The third-order valence-electron chi connectivity index (χ3n) is 2.33. The lowest BCUT2D eigenvalue weighted by Crippen LogP contribution is -2.12. The van der Waals surface area contributed by atoms with Crippen LogP contribution in [0.1, 0.15) is 26.5 Å². The summed E-state index contributed by atoms with van der Waals surface area (Å²) in [6.07, 6.45) is 0.709. The van der Waals surface area contributed by atoms with Gasteiger partial charge in [0, 0.05) is 11.1 Å². The molecule has 0 atom stereocenters. The molecule has 0 aliphatic heterocycles. The predicted octanol–water partition coefficient (Wildman–Crippen LogP) is -0.227. The van der Waals surface area contributed by atoms with E-state index in [1.807, 2.05) is 0 Å². The van der Waals surface area contributed by atoms with E-state index in [1.165, 1.54) is 0 Å². The molecule has 0 bridgehead atoms. The first-order valence-corrected chi connectivity index (χ1v) is 5.99. The smallest absolute Gasteiger partial charge is 0.270 e. The lowest BCUT2D eigenvalue weighted by molar-refractivity contribution is 0.102. The fourth-order valence-corrected chi connectivity index (χ4v) is 1.31. The number of carbonyl (C=O) groups excluding carboxylic acids is 2. The van der Waals surface area contributed by atoms with Crippen LogP contribution in [-0.2, 0) is 0 Å². The van der Waals surface area contributed by atoms with Gasteiger partial charge in [0.05, 0.1) is 0 Å². The number of hydrogen-bond acceptors (Lipinski definition) is 8. The largest absolute Gasteiger partial charge is 0.298 e. The topological polar surface area (TPSA) is 155 Å². The first kappa shape index (κ1) is 14.9. The number of aldehydes is 1. The summed E-state index contributed by atoms with van der Waals surface area (Å²) in [5.74, 6) is 0.415. The summed E-state index contributed by atoms with van der Waals surface area (Å²) in [5, 5.41) is 27.8. The van der Waals surface area contributed by atoms with Gasteiger partial charge in [0.15, 0.2) is 5.82 Å². The van der Waals surface area contributed by atoms with Crippen molar-refractivity contribution in [2.24, 2.45) is 0 Å². The number of hydrogen-bond donors (Lipinski definition) is 3. The molecule has 3 N–H and O–H groups in total. The molecular formula is C11H11N9O2. The molecule has 0 fully saturated rings. The van der Waals surface area contributed by atoms with Crippen molar-refractivity contribution in [2.75, 3.05) is 5.32 Å². The number of aromatic nitrogens is 8. The second-order valence-electron chi connectivity index (χ2n) is 3.89. The highest BCUT2D eigenvalue weighted by Gasteiger charge is 2.07. The van der Waals surface area contributed by atoms with Gasteiger partial charge in [-0.25, -0.2) is 0 Å². The Morgan fingerprint density at radius 3 is 2.23 bits per heavy atom. The molecule has 0 aliphatic carbocycles. The van der Waals surface area contributed by atoms with Crippen LogP contribution in [0.15, 0.2) is 24.3 Å². The van der Waals surface area contributed by atoms with Gasteiger partial charge in [0.1, 0.15) is 6.29 Å². The van der Waals surface area contributed by atoms with Crippen LogP contribution in [0.5, 0.6) is 0 Å². The molecule has 11 heteroatoms. The number of nitrogens with zero attached hydrogens (tertiary/aromatic N) is 6. The maximum atomic E-state index is 11.6. The number of amides is 1. The number of benzene rings is 1. The van der Waals surface area contributed by atoms with Crippen molar-refractivity contribution in [2.45, 2.75) is 6.92 Å². The lowest BCUT2D eigenvalue weighted by Gasteiger charge is -1.99. The van der Waals surface area contributed by atoms with Crippen molar-refractivity contribution in [3.63, 3.8) is 0 Å². The average Bonchev–Trinajstić information content (AvgIpc) is 3.22. The molecule has 2 heterocycles. The third-order valence-corrected chi connectivity index (χ3v) is 2.33. The molecule has 0 aliphatic rings. The SMILES string of the molecule is Cc1nn[nH]n1.O=Cc1ccc(C(=O)Nc2nn[nH]n2)cc1. The van der Waals surface area contributed by atoms with Crippen LogP contribution >= 0.6 is 0 Å². The number of anilines is 1. The van der Waals surface area contributed by atoms with E-state index in [2.05, 4.69) is 46.6 Å². The fraction of sp³-hybridized carbons (Fsp3) is 0.0909. The highest BCUT2D eigenvalue weighted by atomic mass is 16.1. The summed E-state index contributed by atoms with van der Waals surface area (Å²) in [5.41, 5.74) is 0.923. The fourth-order valence-electron chi connectivity index (χ4n) is 1.31. The molecule has 3 aromatic rings. The highest BCUT2D eigenvalue weighted by molar-refractivity contribution is 6.03. The van der Waals surface area contributed by atoms with Crippen molar-refractivity contribution in [1.82, 2.24) is 41.2 Å². The third kappa shape index (κ3) is 4.26. The Morgan fingerprint density at radius 2 is 1.77 bits per heavy atom. The zero-order chi connectivity index (χ0) is 15.8. The molecular weight excluding hydrogens is 290 g/mol. The van der Waals surface area contributed by atoms with Crippen LogP contribution in [0.3, 0.4) is 0 Å². The molecule has 1 amide bonds. The average molecular weight is 301 g/mol. The first-order chi connectivity index (χ1) is 10.7. The molecule has 0 saturated carbocycles. The van der Waals surface area contributed by atoms with Gasteiger partial charge in [-0.1, -0.05) is 22.4 Å². The van der Waals surface area contributed by atoms with Crippen LogP contribution in [0.4, 0.5) is 5.95 Å². The Bertz CT molecular complexity index is 707. The van der Waals surface area contributed by atoms with Crippen molar-refractivity contribution < 1.29 is 9.59 Å². The van der Waals surface area contributed by atoms with Crippen LogP contribution in [-0.4, -0.2) is 53.4 Å². The number of nitrogens with one attached hydrogen (secondary N) is 3. The minimum absolute atomic E-state index is 0.101. The van der Waals surface area contributed by atoms with Crippen LogP contribution < -0.4 is 5.32 Å². The summed E-state index contributed by atoms with van der Waals surface area (Å²) in [7, 11) is 0. The molecule has 0 saturated heterocycles. The minimum Gasteiger partial charge on any atom is -0.298 e. The number of tetrazole rings is 2. The molecule has 22 heavy (non-hydrogen) atoms. The van der Waals surface area contributed by atoms with Crippen LogP contribution in [0.2, 0.25) is 0 Å². The van der Waals surface area contributed by atoms with Crippen molar-refractivity contribution in [3.8, 4) is 0 Å². The molecule has 1 aromatic carbocycles. The van der Waals surface area contributed by atoms with Crippen LogP contribution in [0, 0.1) is 6.92 Å². The molecule has 0 radical (unpaired) electrons. The van der Waals surface area contributed by atoms with Gasteiger partial charge in [0.2, 0.25) is 0 Å². The summed E-state index contributed by atoms with van der Waals surface area (Å²) in [4.78, 5) is 22.0. The van der Waals surface area contributed by atoms with E-state index in [1.54, 1.807) is 31.2 Å². The molecule has 112 valence electrons. The molecule has 0 unspecified atom stereocenters. The van der Waals surface area contributed by atoms with E-state index in [9.17, 15) is 9.59 Å². The number of H-pyrrole nitrogens is 2. The predicted molar refractivity (Wildman–Crippen MR) is 72.9 cm³/mol.